The number of hydrogen-bond donors (Lipinski definition) is 1. The molecule has 0 bridgehead atoms. The minimum Gasteiger partial charge on any atom is -0.369 e. The Morgan fingerprint density at radius 3 is 2.50 bits per heavy atom. The van der Waals surface area contributed by atoms with Crippen LogP contribution in [-0.4, -0.2) is 34.8 Å². The topological polar surface area (TPSA) is 76.3 Å². The molecule has 2 amide bonds. The molecule has 0 spiro atoms. The van der Waals surface area contributed by atoms with Crippen LogP contribution < -0.4 is 5.73 Å². The van der Waals surface area contributed by atoms with Crippen LogP contribution in [0.25, 0.3) is 11.1 Å². The fourth-order valence-electron chi connectivity index (χ4n) is 4.25. The molecule has 0 saturated carbocycles. The number of benzene rings is 2. The van der Waals surface area contributed by atoms with Crippen LogP contribution in [0.2, 0.25) is 0 Å². The first kappa shape index (κ1) is 19.8. The highest BCUT2D eigenvalue weighted by molar-refractivity contribution is 5.85. The van der Waals surface area contributed by atoms with Crippen molar-refractivity contribution in [3.63, 3.8) is 0 Å². The zero-order chi connectivity index (χ0) is 21.0. The molecule has 3 aromatic rings. The fraction of sp³-hybridized carbons (Fsp3) is 0.240. The summed E-state index contributed by atoms with van der Waals surface area (Å²) in [6.07, 6.45) is 4.76. The van der Waals surface area contributed by atoms with E-state index in [1.165, 1.54) is 0 Å². The lowest BCUT2D eigenvalue weighted by molar-refractivity contribution is -0.131. The van der Waals surface area contributed by atoms with E-state index in [1.807, 2.05) is 48.5 Å². The number of hydrogen-bond acceptors (Lipinski definition) is 3. The van der Waals surface area contributed by atoms with Gasteiger partial charge in [0.15, 0.2) is 0 Å². The van der Waals surface area contributed by atoms with Crippen molar-refractivity contribution in [1.29, 1.82) is 0 Å². The van der Waals surface area contributed by atoms with Crippen molar-refractivity contribution in [2.24, 2.45) is 11.1 Å². The molecule has 5 nitrogen and oxygen atoms in total. The SMILES string of the molecule is NC(=O)[C@@]1(Cc2ccccc2-c2ccccc2)CCN(C(=O)Cc2cccnc2)C1. The van der Waals surface area contributed by atoms with Crippen LogP contribution in [0.3, 0.4) is 0 Å². The van der Waals surface area contributed by atoms with E-state index in [0.717, 1.165) is 22.3 Å². The Bertz CT molecular complexity index is 1040. The molecule has 5 heteroatoms. The molecule has 152 valence electrons. The van der Waals surface area contributed by atoms with Gasteiger partial charge in [0.1, 0.15) is 0 Å². The maximum atomic E-state index is 12.8. The number of primary amides is 1. The number of carbonyl (C=O) groups is 2. The van der Waals surface area contributed by atoms with Gasteiger partial charge in [-0.3, -0.25) is 14.6 Å². The molecule has 1 saturated heterocycles. The standard InChI is InChI=1S/C25H25N3O2/c26-24(30)25(12-14-28(18-25)23(29)15-19-7-6-13-27-17-19)16-21-10-4-5-11-22(21)20-8-2-1-3-9-20/h1-11,13,17H,12,14-16,18H2,(H2,26,30)/t25-/m1/s1. The number of carbonyl (C=O) groups excluding carboxylic acids is 2. The van der Waals surface area contributed by atoms with Crippen LogP contribution in [0, 0.1) is 5.41 Å². The van der Waals surface area contributed by atoms with Crippen molar-refractivity contribution < 1.29 is 9.59 Å². The molecule has 1 aromatic heterocycles. The Hall–Kier alpha value is -3.47. The molecule has 1 atom stereocenters. The number of likely N-dealkylation sites (tertiary alicyclic amines) is 1. The lowest BCUT2D eigenvalue weighted by Gasteiger charge is -2.27. The number of nitrogens with zero attached hydrogens (tertiary/aromatic N) is 2. The van der Waals surface area contributed by atoms with E-state index >= 15 is 0 Å². The lowest BCUT2D eigenvalue weighted by atomic mass is 9.78. The van der Waals surface area contributed by atoms with Gasteiger partial charge in [-0.2, -0.15) is 0 Å². The smallest absolute Gasteiger partial charge is 0.227 e. The molecule has 2 aromatic carbocycles. The predicted octanol–water partition coefficient (Wildman–Crippen LogP) is 3.24. The van der Waals surface area contributed by atoms with Crippen molar-refractivity contribution >= 4 is 11.8 Å². The van der Waals surface area contributed by atoms with Gasteiger partial charge in [0.2, 0.25) is 11.8 Å². The van der Waals surface area contributed by atoms with Crippen molar-refractivity contribution in [3.8, 4) is 11.1 Å². The summed E-state index contributed by atoms with van der Waals surface area (Å²) in [5.74, 6) is -0.343. The third-order valence-corrected chi connectivity index (χ3v) is 5.94. The molecule has 4 rings (SSSR count). The molecule has 1 aliphatic heterocycles. The normalized spacial score (nSPS) is 18.3. The second-order valence-electron chi connectivity index (χ2n) is 7.95. The van der Waals surface area contributed by atoms with Crippen molar-refractivity contribution in [1.82, 2.24) is 9.88 Å². The van der Waals surface area contributed by atoms with Crippen LogP contribution in [0.4, 0.5) is 0 Å². The third-order valence-electron chi connectivity index (χ3n) is 5.94. The first-order valence-electron chi connectivity index (χ1n) is 10.2. The molecule has 2 N–H and O–H groups in total. The molecule has 0 unspecified atom stereocenters. The Morgan fingerprint density at radius 2 is 1.77 bits per heavy atom. The van der Waals surface area contributed by atoms with Gasteiger partial charge in [-0.05, 0) is 41.2 Å². The summed E-state index contributed by atoms with van der Waals surface area (Å²) < 4.78 is 0. The number of amides is 2. The molecule has 2 heterocycles. The van der Waals surface area contributed by atoms with Crippen LogP contribution in [0.5, 0.6) is 0 Å². The van der Waals surface area contributed by atoms with E-state index in [0.29, 0.717) is 25.9 Å². The van der Waals surface area contributed by atoms with E-state index in [4.69, 9.17) is 5.73 Å². The summed E-state index contributed by atoms with van der Waals surface area (Å²) in [7, 11) is 0. The average Bonchev–Trinajstić information content (AvgIpc) is 3.21. The van der Waals surface area contributed by atoms with Gasteiger partial charge in [-0.1, -0.05) is 60.7 Å². The number of nitrogens with two attached hydrogens (primary N) is 1. The van der Waals surface area contributed by atoms with Gasteiger partial charge in [0.05, 0.1) is 11.8 Å². The second-order valence-corrected chi connectivity index (χ2v) is 7.95. The Kier molecular flexibility index (Phi) is 5.61. The largest absolute Gasteiger partial charge is 0.369 e. The quantitative estimate of drug-likeness (QED) is 0.691. The summed E-state index contributed by atoms with van der Waals surface area (Å²) in [6.45, 7) is 0.889. The maximum absolute atomic E-state index is 12.8. The first-order valence-corrected chi connectivity index (χ1v) is 10.2. The van der Waals surface area contributed by atoms with Gasteiger partial charge in [-0.25, -0.2) is 0 Å². The highest BCUT2D eigenvalue weighted by atomic mass is 16.2. The predicted molar refractivity (Wildman–Crippen MR) is 116 cm³/mol. The van der Waals surface area contributed by atoms with Gasteiger partial charge in [-0.15, -0.1) is 0 Å². The summed E-state index contributed by atoms with van der Waals surface area (Å²) in [5, 5.41) is 0. The second kappa shape index (κ2) is 8.49. The van der Waals surface area contributed by atoms with E-state index in [9.17, 15) is 9.59 Å². The average molecular weight is 399 g/mol. The van der Waals surface area contributed by atoms with E-state index in [2.05, 4.69) is 23.2 Å². The van der Waals surface area contributed by atoms with E-state index in [1.54, 1.807) is 17.3 Å². The molecule has 30 heavy (non-hydrogen) atoms. The van der Waals surface area contributed by atoms with Crippen LogP contribution in [0.1, 0.15) is 17.5 Å². The van der Waals surface area contributed by atoms with Crippen LogP contribution in [-0.2, 0) is 22.4 Å². The molecule has 0 aliphatic carbocycles. The van der Waals surface area contributed by atoms with Crippen molar-refractivity contribution in [2.75, 3.05) is 13.1 Å². The molecule has 1 fully saturated rings. The first-order chi connectivity index (χ1) is 14.6. The third kappa shape index (κ3) is 4.10. The van der Waals surface area contributed by atoms with Gasteiger partial charge in [0.25, 0.3) is 0 Å². The lowest BCUT2D eigenvalue weighted by Crippen LogP contribution is -2.42. The minimum absolute atomic E-state index is 0.00229. The maximum Gasteiger partial charge on any atom is 0.227 e. The Labute approximate surface area is 176 Å². The van der Waals surface area contributed by atoms with E-state index in [-0.39, 0.29) is 18.2 Å². The number of aromatic nitrogens is 1. The summed E-state index contributed by atoms with van der Waals surface area (Å²) in [4.78, 5) is 31.2. The zero-order valence-corrected chi connectivity index (χ0v) is 16.8. The monoisotopic (exact) mass is 399 g/mol. The number of pyridine rings is 1. The van der Waals surface area contributed by atoms with Crippen LogP contribution >= 0.6 is 0 Å². The van der Waals surface area contributed by atoms with Gasteiger partial charge < -0.3 is 10.6 Å². The highest BCUT2D eigenvalue weighted by Gasteiger charge is 2.45. The molecular weight excluding hydrogens is 374 g/mol. The summed E-state index contributed by atoms with van der Waals surface area (Å²) in [5.41, 5.74) is 9.29. The minimum atomic E-state index is -0.754. The molecule has 0 radical (unpaired) electrons. The Morgan fingerprint density at radius 1 is 1.00 bits per heavy atom. The zero-order valence-electron chi connectivity index (χ0n) is 16.8. The number of rotatable bonds is 6. The van der Waals surface area contributed by atoms with Crippen molar-refractivity contribution in [2.45, 2.75) is 19.3 Å². The Balaban J connectivity index is 1.56. The highest BCUT2D eigenvalue weighted by Crippen LogP contribution is 2.37. The van der Waals surface area contributed by atoms with Gasteiger partial charge in [0, 0.05) is 25.5 Å². The summed E-state index contributed by atoms with van der Waals surface area (Å²) in [6, 6.07) is 21.9. The van der Waals surface area contributed by atoms with E-state index < -0.39 is 5.41 Å². The van der Waals surface area contributed by atoms with Crippen LogP contribution in [0.15, 0.2) is 79.1 Å². The molecular formula is C25H25N3O2. The fourth-order valence-corrected chi connectivity index (χ4v) is 4.25. The van der Waals surface area contributed by atoms with Gasteiger partial charge >= 0.3 is 0 Å². The van der Waals surface area contributed by atoms with Crippen molar-refractivity contribution in [3.05, 3.63) is 90.3 Å². The molecule has 1 aliphatic rings. The summed E-state index contributed by atoms with van der Waals surface area (Å²) >= 11 is 0.